The monoisotopic (exact) mass is 2010 g/mol. The van der Waals surface area contributed by atoms with Crippen molar-refractivity contribution in [1.29, 1.82) is 0 Å². The van der Waals surface area contributed by atoms with Gasteiger partial charge in [0.1, 0.15) is 43.7 Å². The van der Waals surface area contributed by atoms with Gasteiger partial charge in [-0.05, 0) is 140 Å². The molecule has 6 aromatic rings. The number of alkyl halides is 1. The Morgan fingerprint density at radius 2 is 0.697 bits per heavy atom. The first-order chi connectivity index (χ1) is 68.9. The van der Waals surface area contributed by atoms with Gasteiger partial charge in [-0.3, -0.25) is 72.8 Å². The van der Waals surface area contributed by atoms with Gasteiger partial charge in [0, 0.05) is 125 Å². The second-order valence-electron chi connectivity index (χ2n) is 34.6. The zero-order valence-corrected chi connectivity index (χ0v) is 82.0. The van der Waals surface area contributed by atoms with E-state index in [0.717, 1.165) is 55.7 Å². The molecule has 750 valence electrons. The van der Waals surface area contributed by atoms with Gasteiger partial charge in [-0.2, -0.15) is 0 Å². The summed E-state index contributed by atoms with van der Waals surface area (Å²) in [7, 11) is 3.05. The number of ether oxygens (including phenoxy) is 12. The van der Waals surface area contributed by atoms with Crippen molar-refractivity contribution in [2.24, 2.45) is 25.7 Å². The lowest BCUT2D eigenvalue weighted by atomic mass is 10.1. The first-order valence-electron chi connectivity index (χ1n) is 47.0. The van der Waals surface area contributed by atoms with Crippen LogP contribution in [0.1, 0.15) is 150 Å². The third kappa shape index (κ3) is 30.5. The van der Waals surface area contributed by atoms with Gasteiger partial charge in [-0.1, -0.05) is 88.2 Å². The van der Waals surface area contributed by atoms with Gasteiger partial charge in [0.15, 0.2) is 23.0 Å². The molecule has 0 saturated carbocycles. The molecular weight excluding hydrogens is 1890 g/mol. The number of amides is 8. The summed E-state index contributed by atoms with van der Waals surface area (Å²) in [5.41, 5.74) is 23.9. The van der Waals surface area contributed by atoms with Gasteiger partial charge in [-0.25, -0.2) is 11.0 Å². The Bertz CT molecular complexity index is 5950. The van der Waals surface area contributed by atoms with E-state index in [9.17, 15) is 43.2 Å². The summed E-state index contributed by atoms with van der Waals surface area (Å²) in [5, 5.41) is 5.91. The number of hydrogen-bond acceptors (Lipinski definition) is 28. The fourth-order valence-corrected chi connectivity index (χ4v) is 16.7. The fourth-order valence-electron chi connectivity index (χ4n) is 16.5. The van der Waals surface area contributed by atoms with Crippen molar-refractivity contribution in [3.05, 3.63) is 200 Å². The van der Waals surface area contributed by atoms with Crippen LogP contribution >= 0.6 is 15.9 Å². The highest BCUT2D eigenvalue weighted by Gasteiger charge is 2.39. The first kappa shape index (κ1) is 106. The molecule has 0 aliphatic carbocycles. The number of nitrogens with one attached hydrogen (secondary N) is 4. The first-order valence-corrected chi connectivity index (χ1v) is 48.1. The van der Waals surface area contributed by atoms with E-state index in [1.165, 1.54) is 14.2 Å². The number of carbonyl (C=O) groups excluding carboxylic acids is 9. The second kappa shape index (κ2) is 53.3. The molecule has 36 nitrogen and oxygen atoms in total. The Hall–Kier alpha value is -13.6. The number of aryl methyl sites for hydroxylation is 2. The molecule has 142 heavy (non-hydrogen) atoms. The maximum Gasteiger partial charge on any atom is 0.257 e. The van der Waals surface area contributed by atoms with Crippen LogP contribution in [-0.4, -0.2) is 280 Å². The van der Waals surface area contributed by atoms with E-state index in [2.05, 4.69) is 107 Å². The van der Waals surface area contributed by atoms with Gasteiger partial charge in [0.05, 0.1) is 194 Å². The van der Waals surface area contributed by atoms with Crippen LogP contribution in [0.25, 0.3) is 0 Å². The minimum absolute atomic E-state index is 0.0481. The van der Waals surface area contributed by atoms with Crippen molar-refractivity contribution < 1.29 is 110 Å². The van der Waals surface area contributed by atoms with E-state index in [4.69, 9.17) is 72.3 Å². The zero-order chi connectivity index (χ0) is 100. The van der Waals surface area contributed by atoms with Gasteiger partial charge in [0.2, 0.25) is 23.6 Å². The van der Waals surface area contributed by atoms with Crippen molar-refractivity contribution in [2.45, 2.75) is 129 Å². The summed E-state index contributed by atoms with van der Waals surface area (Å²) in [5.74, 6) is 13.8. The van der Waals surface area contributed by atoms with E-state index < -0.39 is 0 Å². The number of carbonyl (C=O) groups is 9. The van der Waals surface area contributed by atoms with Crippen LogP contribution in [0.5, 0.6) is 34.5 Å². The fraction of sp³-hybridized carbons (Fsp3) is 0.419. The smallest absolute Gasteiger partial charge is 0.257 e. The molecule has 4 saturated heterocycles. The van der Waals surface area contributed by atoms with Crippen molar-refractivity contribution in [1.82, 2.24) is 41.2 Å². The molecule has 0 radical (unpaired) electrons. The second-order valence-corrected chi connectivity index (χ2v) is 35.2. The number of benzene rings is 6. The van der Waals surface area contributed by atoms with E-state index in [1.807, 2.05) is 74.8 Å². The van der Waals surface area contributed by atoms with Gasteiger partial charge in [-0.15, -0.1) is 0 Å². The highest BCUT2D eigenvalue weighted by Crippen LogP contribution is 2.43. The average Bonchev–Trinajstić information content (AvgIpc) is 1.63. The summed E-state index contributed by atoms with van der Waals surface area (Å²) >= 11 is 3.09. The molecule has 8 heterocycles. The summed E-state index contributed by atoms with van der Waals surface area (Å²) in [6.07, 6.45) is 11.4. The van der Waals surface area contributed by atoms with Crippen molar-refractivity contribution in [3.8, 4) is 58.2 Å². The molecule has 0 aromatic heterocycles. The molecule has 4 fully saturated rings. The molecule has 37 heteroatoms. The molecule has 6 N–H and O–H groups in total. The molecule has 0 unspecified atom stereocenters. The molecule has 4 atom stereocenters. The van der Waals surface area contributed by atoms with Crippen molar-refractivity contribution in [2.75, 3.05) is 158 Å². The zero-order valence-electron chi connectivity index (χ0n) is 80.4. The Balaban J connectivity index is 0.000000239. The molecular formula is C105H120BrN13O23. The predicted molar refractivity (Wildman–Crippen MR) is 534 cm³/mol. The lowest BCUT2D eigenvalue weighted by Gasteiger charge is -2.20. The van der Waals surface area contributed by atoms with E-state index in [1.54, 1.807) is 68.4 Å². The highest BCUT2D eigenvalue weighted by molar-refractivity contribution is 9.09. The van der Waals surface area contributed by atoms with Crippen LogP contribution in [0.2, 0.25) is 0 Å². The van der Waals surface area contributed by atoms with Crippen LogP contribution in [0.4, 0.5) is 22.7 Å². The molecule has 8 aliphatic heterocycles. The Morgan fingerprint density at radius 3 is 1.03 bits per heavy atom. The Labute approximate surface area is 833 Å². The molecule has 6 aromatic carbocycles. The lowest BCUT2D eigenvalue weighted by molar-refractivity contribution is -0.135. The number of nitrogens with zero attached hydrogens (tertiary/aromatic N) is 8. The Kier molecular flexibility index (Phi) is 39.7. The van der Waals surface area contributed by atoms with Crippen LogP contribution < -0.4 is 55.7 Å². The van der Waals surface area contributed by atoms with E-state index in [-0.39, 0.29) is 187 Å². The van der Waals surface area contributed by atoms with Gasteiger partial charge >= 0.3 is 0 Å². The maximum atomic E-state index is 13.6. The summed E-state index contributed by atoms with van der Waals surface area (Å²) in [4.78, 5) is 149. The minimum atomic E-state index is -0.291. The summed E-state index contributed by atoms with van der Waals surface area (Å²) in [6, 6.07) is 25.0. The van der Waals surface area contributed by atoms with Crippen LogP contribution in [-0.2, 0) is 88.5 Å². The Morgan fingerprint density at radius 1 is 0.387 bits per heavy atom. The van der Waals surface area contributed by atoms with Crippen LogP contribution in [0.3, 0.4) is 0 Å². The van der Waals surface area contributed by atoms with Crippen molar-refractivity contribution >= 4 is 117 Å². The number of hydrogen-bond donors (Lipinski definition) is 5. The summed E-state index contributed by atoms with van der Waals surface area (Å²) in [6.45, 7) is 27.1. The third-order valence-corrected chi connectivity index (χ3v) is 24.2. The number of hydroxylamine groups is 2. The molecule has 0 spiro atoms. The summed E-state index contributed by atoms with van der Waals surface area (Å²) < 4.78 is 69.8. The molecule has 14 rings (SSSR count). The van der Waals surface area contributed by atoms with E-state index in [0.29, 0.717) is 215 Å². The number of fused-ring (bicyclic) bond motifs is 8. The normalized spacial score (nSPS) is 16.6. The third-order valence-electron chi connectivity index (χ3n) is 23.6. The largest absolute Gasteiger partial charge is 0.493 e. The van der Waals surface area contributed by atoms with Crippen LogP contribution in [0, 0.1) is 37.5 Å². The number of halogens is 1. The number of rotatable bonds is 49. The molecule has 0 bridgehead atoms. The number of aliphatic imine (C=N–C) groups is 4. The number of nitrogens with two attached hydrogens (primary N) is 1. The molecule has 8 aliphatic rings. The number of Topliss-reactive ketones (excluding diaryl/α,β-unsaturated/α-hetero) is 1. The minimum Gasteiger partial charge on any atom is -0.493 e. The average molecular weight is 2010 g/mol. The highest BCUT2D eigenvalue weighted by atomic mass is 79.9. The van der Waals surface area contributed by atoms with Crippen LogP contribution in [0.15, 0.2) is 154 Å². The standard InChI is InChI=1S/C54H61BrN6O12.C51H59N7O11/c1-35-19-41-29-57-46-26-48(37(3)21-44(46)53(65)60(41)31-35)71-33-39-22-38(23-40(24-39)34-72-50-27-47-45(25-49(50)67-4)54(66)61-32-36(2)20-42(61)30-58-47)7-6-11-56-51(63)10-12-68-13-14-69-15-16-70-17-18-73-59-52(64)9-5-8-43(62)28-55;1-33-18-39-27-54-43-25-45(35(3)20-41(43)50(61)57(39)29-33)67-31-37-21-36(6-5-10-53-48(59)8-11-64-12-13-65-14-15-66-16-17-69-56-49(60)7-9-52)22-38(23-37)32-68-47-26-44-42(24-46(47)63-4)51(62)58-30-34(2)19-40(58)28-55-44/h21-27,29-30,41-42H,1-2,5,8-20,28,31-34H2,3-4H3,(H,56,63)(H,59,64);20-28,39-40H,1-2,7-19,29-32,52H2,3-4H3,(H,53,59)(H,56,60)/t41-,42-;39-,40-/m00/s1. The SMILES string of the molecule is C=C1C[C@H]2C=Nc3cc(OCc4cc(C#CCNC(=O)CCOCCOCCOCCONC(=O)CCCC(=O)CBr)cc(COc5cc6c(cc5OC)C(=O)N5CC(=C)C[C@H]5C=N6)c4)c(C)cc3C(=O)N2C1.C=C1C[C@H]2C=Nc3cc(OCc4cc(C#CCNC(=O)CCOCCOCCOCCONC(=O)CCN)cc(COc5cc6c(cc5OC)C(=O)N5CC(=C)C[C@H]5C=N6)c4)c(C)cc3C(=O)N2C1. The quantitative estimate of drug-likeness (QED) is 0.00778. The number of methoxy groups -OCH3 is 2. The predicted octanol–water partition coefficient (Wildman–Crippen LogP) is 10.7. The van der Waals surface area contributed by atoms with Crippen molar-refractivity contribution in [3.63, 3.8) is 0 Å². The lowest BCUT2D eigenvalue weighted by Crippen LogP contribution is -2.35. The van der Waals surface area contributed by atoms with E-state index >= 15 is 0 Å². The van der Waals surface area contributed by atoms with Gasteiger partial charge in [0.25, 0.3) is 23.6 Å². The maximum absolute atomic E-state index is 13.6. The number of ketones is 1. The topological polar surface area (TPSA) is 419 Å². The molecule has 8 amide bonds. The van der Waals surface area contributed by atoms with Gasteiger partial charge < -0.3 is 92.8 Å².